The molecule has 1 saturated heterocycles. The summed E-state index contributed by atoms with van der Waals surface area (Å²) in [6, 6.07) is 15.5. The van der Waals surface area contributed by atoms with Gasteiger partial charge >= 0.3 is 0 Å². The summed E-state index contributed by atoms with van der Waals surface area (Å²) in [7, 11) is 0. The minimum Gasteiger partial charge on any atom is -0.399 e. The number of amides is 1. The van der Waals surface area contributed by atoms with Crippen LogP contribution in [0, 0.1) is 0 Å². The predicted octanol–water partition coefficient (Wildman–Crippen LogP) is 3.18. The second kappa shape index (κ2) is 7.97. The topological polar surface area (TPSA) is 58.4 Å². The van der Waals surface area contributed by atoms with Gasteiger partial charge in [0.05, 0.1) is 0 Å². The van der Waals surface area contributed by atoms with Crippen LogP contribution >= 0.6 is 0 Å². The summed E-state index contributed by atoms with van der Waals surface area (Å²) in [4.78, 5) is 14.6. The van der Waals surface area contributed by atoms with E-state index in [2.05, 4.69) is 34.5 Å². The molecule has 0 radical (unpaired) electrons. The summed E-state index contributed by atoms with van der Waals surface area (Å²) in [5, 5.41) is 2.95. The molecule has 1 aliphatic rings. The number of carbonyl (C=O) groups excluding carboxylic acids is 1. The number of anilines is 1. The molecule has 4 nitrogen and oxygen atoms in total. The van der Waals surface area contributed by atoms with Crippen LogP contribution in [0.25, 0.3) is 0 Å². The molecule has 4 heteroatoms. The first-order chi connectivity index (χ1) is 11.7. The van der Waals surface area contributed by atoms with Crippen molar-refractivity contribution in [2.45, 2.75) is 32.4 Å². The van der Waals surface area contributed by atoms with Crippen LogP contribution in [0.4, 0.5) is 5.69 Å². The highest BCUT2D eigenvalue weighted by Crippen LogP contribution is 2.14. The molecule has 3 rings (SSSR count). The summed E-state index contributed by atoms with van der Waals surface area (Å²) in [6.07, 6.45) is 3.99. The average molecular weight is 323 g/mol. The second-order valence-corrected chi connectivity index (χ2v) is 6.46. The van der Waals surface area contributed by atoms with Crippen molar-refractivity contribution in [3.05, 3.63) is 65.2 Å². The first kappa shape index (κ1) is 16.5. The Labute approximate surface area is 143 Å². The number of nitrogens with two attached hydrogens (primary N) is 1. The lowest BCUT2D eigenvalue weighted by atomic mass is 10.1. The van der Waals surface area contributed by atoms with Gasteiger partial charge < -0.3 is 11.1 Å². The van der Waals surface area contributed by atoms with Gasteiger partial charge in [-0.25, -0.2) is 0 Å². The lowest BCUT2D eigenvalue weighted by Gasteiger charge is -2.26. The molecule has 1 fully saturated rings. The number of carbonyl (C=O) groups is 1. The molecule has 24 heavy (non-hydrogen) atoms. The highest BCUT2D eigenvalue weighted by atomic mass is 16.1. The van der Waals surface area contributed by atoms with Gasteiger partial charge in [-0.2, -0.15) is 0 Å². The van der Waals surface area contributed by atoms with Gasteiger partial charge in [0.25, 0.3) is 5.91 Å². The minimum atomic E-state index is -0.0765. The Morgan fingerprint density at radius 3 is 2.21 bits per heavy atom. The molecule has 0 aliphatic carbocycles. The second-order valence-electron chi connectivity index (χ2n) is 6.46. The van der Waals surface area contributed by atoms with Gasteiger partial charge in [0.1, 0.15) is 0 Å². The summed E-state index contributed by atoms with van der Waals surface area (Å²) >= 11 is 0. The number of rotatable bonds is 5. The van der Waals surface area contributed by atoms with Crippen LogP contribution in [-0.4, -0.2) is 23.9 Å². The van der Waals surface area contributed by atoms with E-state index in [0.29, 0.717) is 17.8 Å². The lowest BCUT2D eigenvalue weighted by molar-refractivity contribution is 0.0951. The fourth-order valence-electron chi connectivity index (χ4n) is 3.06. The summed E-state index contributed by atoms with van der Waals surface area (Å²) in [6.45, 7) is 3.98. The van der Waals surface area contributed by atoms with Gasteiger partial charge in [-0.3, -0.25) is 9.69 Å². The van der Waals surface area contributed by atoms with Crippen molar-refractivity contribution in [1.29, 1.82) is 0 Å². The molecule has 126 valence electrons. The van der Waals surface area contributed by atoms with Crippen LogP contribution in [0.2, 0.25) is 0 Å². The number of likely N-dealkylation sites (tertiary alicyclic amines) is 1. The zero-order valence-corrected chi connectivity index (χ0v) is 14.0. The molecular weight excluding hydrogens is 298 g/mol. The Bertz CT molecular complexity index is 658. The fourth-order valence-corrected chi connectivity index (χ4v) is 3.06. The van der Waals surface area contributed by atoms with E-state index in [9.17, 15) is 4.79 Å². The number of nitrogen functional groups attached to an aromatic ring is 1. The monoisotopic (exact) mass is 323 g/mol. The van der Waals surface area contributed by atoms with E-state index in [4.69, 9.17) is 5.73 Å². The van der Waals surface area contributed by atoms with Crippen molar-refractivity contribution >= 4 is 11.6 Å². The van der Waals surface area contributed by atoms with Gasteiger partial charge in [-0.1, -0.05) is 30.7 Å². The Balaban J connectivity index is 1.50. The van der Waals surface area contributed by atoms with E-state index < -0.39 is 0 Å². The minimum absolute atomic E-state index is 0.0765. The van der Waals surface area contributed by atoms with Gasteiger partial charge in [-0.05, 0) is 61.3 Å². The van der Waals surface area contributed by atoms with E-state index >= 15 is 0 Å². The van der Waals surface area contributed by atoms with Crippen molar-refractivity contribution in [2.75, 3.05) is 18.8 Å². The summed E-state index contributed by atoms with van der Waals surface area (Å²) < 4.78 is 0. The summed E-state index contributed by atoms with van der Waals surface area (Å²) in [5.74, 6) is -0.0765. The van der Waals surface area contributed by atoms with Crippen LogP contribution < -0.4 is 11.1 Å². The number of nitrogens with one attached hydrogen (secondary N) is 1. The Morgan fingerprint density at radius 1 is 0.917 bits per heavy atom. The SMILES string of the molecule is Nc1ccc(C(=O)NCc2ccc(CN3CCCCC3)cc2)cc1. The molecule has 2 aromatic rings. The third-order valence-electron chi connectivity index (χ3n) is 4.50. The van der Waals surface area contributed by atoms with Gasteiger partial charge in [-0.15, -0.1) is 0 Å². The zero-order valence-electron chi connectivity index (χ0n) is 14.0. The molecule has 0 atom stereocenters. The number of nitrogens with zero attached hydrogens (tertiary/aromatic N) is 1. The van der Waals surface area contributed by atoms with Crippen molar-refractivity contribution < 1.29 is 4.79 Å². The van der Waals surface area contributed by atoms with Crippen molar-refractivity contribution in [3.63, 3.8) is 0 Å². The van der Waals surface area contributed by atoms with Crippen LogP contribution in [-0.2, 0) is 13.1 Å². The van der Waals surface area contributed by atoms with Crippen molar-refractivity contribution in [2.24, 2.45) is 0 Å². The molecule has 0 bridgehead atoms. The standard InChI is InChI=1S/C20H25N3O/c21-19-10-8-18(9-11-19)20(24)22-14-16-4-6-17(7-5-16)15-23-12-2-1-3-13-23/h4-11H,1-3,12-15,21H2,(H,22,24). The molecule has 1 aliphatic heterocycles. The van der Waals surface area contributed by atoms with Crippen LogP contribution in [0.1, 0.15) is 40.7 Å². The maximum atomic E-state index is 12.1. The van der Waals surface area contributed by atoms with Crippen molar-refractivity contribution in [3.8, 4) is 0 Å². The van der Waals surface area contributed by atoms with E-state index in [1.807, 2.05) is 0 Å². The normalized spacial score (nSPS) is 15.2. The van der Waals surface area contributed by atoms with Crippen LogP contribution in [0.15, 0.2) is 48.5 Å². The quantitative estimate of drug-likeness (QED) is 0.831. The number of hydrogen-bond donors (Lipinski definition) is 2. The maximum Gasteiger partial charge on any atom is 0.251 e. The van der Waals surface area contributed by atoms with E-state index in [0.717, 1.165) is 12.1 Å². The first-order valence-electron chi connectivity index (χ1n) is 8.64. The predicted molar refractivity (Wildman–Crippen MR) is 97.6 cm³/mol. The molecule has 1 amide bonds. The molecule has 0 saturated carbocycles. The van der Waals surface area contributed by atoms with Gasteiger partial charge in [0, 0.05) is 24.3 Å². The van der Waals surface area contributed by atoms with Gasteiger partial charge in [0.15, 0.2) is 0 Å². The lowest BCUT2D eigenvalue weighted by Crippen LogP contribution is -2.29. The molecule has 0 aromatic heterocycles. The maximum absolute atomic E-state index is 12.1. The number of benzene rings is 2. The van der Waals surface area contributed by atoms with E-state index in [1.165, 1.54) is 37.9 Å². The van der Waals surface area contributed by atoms with E-state index in [-0.39, 0.29) is 5.91 Å². The highest BCUT2D eigenvalue weighted by molar-refractivity contribution is 5.94. The summed E-state index contributed by atoms with van der Waals surface area (Å²) in [5.41, 5.74) is 9.38. The Kier molecular flexibility index (Phi) is 5.49. The number of hydrogen-bond acceptors (Lipinski definition) is 3. The van der Waals surface area contributed by atoms with E-state index in [1.54, 1.807) is 24.3 Å². The van der Waals surface area contributed by atoms with Gasteiger partial charge in [0.2, 0.25) is 0 Å². The smallest absolute Gasteiger partial charge is 0.251 e. The number of piperidine rings is 1. The Morgan fingerprint density at radius 2 is 1.54 bits per heavy atom. The van der Waals surface area contributed by atoms with Crippen LogP contribution in [0.5, 0.6) is 0 Å². The van der Waals surface area contributed by atoms with Crippen LogP contribution in [0.3, 0.4) is 0 Å². The largest absolute Gasteiger partial charge is 0.399 e. The third kappa shape index (κ3) is 4.59. The molecular formula is C20H25N3O. The fraction of sp³-hybridized carbons (Fsp3) is 0.350. The van der Waals surface area contributed by atoms with Crippen molar-refractivity contribution in [1.82, 2.24) is 10.2 Å². The molecule has 0 spiro atoms. The first-order valence-corrected chi connectivity index (χ1v) is 8.64. The molecule has 2 aromatic carbocycles. The zero-order chi connectivity index (χ0) is 16.8. The molecule has 3 N–H and O–H groups in total. The third-order valence-corrected chi connectivity index (χ3v) is 4.50. The Hall–Kier alpha value is -2.33. The average Bonchev–Trinajstić information content (AvgIpc) is 2.62. The highest BCUT2D eigenvalue weighted by Gasteiger charge is 2.10. The molecule has 1 heterocycles. The molecule has 0 unspecified atom stereocenters.